The summed E-state index contributed by atoms with van der Waals surface area (Å²) in [6, 6.07) is 14.5. The van der Waals surface area contributed by atoms with Crippen molar-refractivity contribution in [2.24, 2.45) is 0 Å². The molecule has 2 aromatic carbocycles. The highest BCUT2D eigenvalue weighted by Crippen LogP contribution is 2.35. The fraction of sp³-hybridized carbons (Fsp3) is 0.200. The van der Waals surface area contributed by atoms with Gasteiger partial charge in [0.15, 0.2) is 0 Å². The third kappa shape index (κ3) is 2.04. The quantitative estimate of drug-likeness (QED) is 0.829. The smallest absolute Gasteiger partial charge is 0.122 e. The maximum atomic E-state index is 10.7. The Bertz CT molecular complexity index is 482. The molecule has 0 aliphatic carbocycles. The van der Waals surface area contributed by atoms with Crippen molar-refractivity contribution in [3.8, 4) is 5.75 Å². The van der Waals surface area contributed by atoms with Crippen LogP contribution >= 0.6 is 0 Å². The number of aryl methyl sites for hydroxylation is 1. The predicted octanol–water partition coefficient (Wildman–Crippen LogP) is 2.96. The van der Waals surface area contributed by atoms with Crippen LogP contribution in [0.1, 0.15) is 23.6 Å². The standard InChI is InChI=1S/C15H16O2/c1-11-7-3-4-8-12(11)15(2,17)13-9-5-6-10-14(13)16/h3-10,16-17H,1-2H3. The van der Waals surface area contributed by atoms with Gasteiger partial charge < -0.3 is 10.2 Å². The number of hydrogen-bond donors (Lipinski definition) is 2. The fourth-order valence-electron chi connectivity index (χ4n) is 2.15. The van der Waals surface area contributed by atoms with Gasteiger partial charge in [0.2, 0.25) is 0 Å². The predicted molar refractivity (Wildman–Crippen MR) is 68.0 cm³/mol. The van der Waals surface area contributed by atoms with Gasteiger partial charge in [0.05, 0.1) is 0 Å². The minimum absolute atomic E-state index is 0.112. The minimum Gasteiger partial charge on any atom is -0.508 e. The van der Waals surface area contributed by atoms with Crippen LogP contribution in [0.2, 0.25) is 0 Å². The van der Waals surface area contributed by atoms with Crippen molar-refractivity contribution in [2.75, 3.05) is 0 Å². The Hall–Kier alpha value is -1.80. The van der Waals surface area contributed by atoms with Crippen molar-refractivity contribution in [1.29, 1.82) is 0 Å². The van der Waals surface area contributed by atoms with Gasteiger partial charge >= 0.3 is 0 Å². The molecule has 0 amide bonds. The largest absolute Gasteiger partial charge is 0.508 e. The van der Waals surface area contributed by atoms with E-state index in [1.54, 1.807) is 25.1 Å². The SMILES string of the molecule is Cc1ccccc1C(C)(O)c1ccccc1O. The maximum absolute atomic E-state index is 10.7. The minimum atomic E-state index is -1.18. The normalized spacial score (nSPS) is 14.3. The van der Waals surface area contributed by atoms with E-state index in [1.165, 1.54) is 0 Å². The van der Waals surface area contributed by atoms with Crippen LogP contribution in [0.3, 0.4) is 0 Å². The molecule has 0 aromatic heterocycles. The van der Waals surface area contributed by atoms with Crippen LogP contribution in [0.15, 0.2) is 48.5 Å². The van der Waals surface area contributed by atoms with Gasteiger partial charge in [-0.05, 0) is 31.0 Å². The summed E-state index contributed by atoms with van der Waals surface area (Å²) in [5, 5.41) is 20.5. The first kappa shape index (κ1) is 11.7. The lowest BCUT2D eigenvalue weighted by Gasteiger charge is -2.26. The Morgan fingerprint density at radius 1 is 0.882 bits per heavy atom. The molecule has 2 heteroatoms. The second-order valence-corrected chi connectivity index (χ2v) is 4.40. The van der Waals surface area contributed by atoms with Crippen molar-refractivity contribution < 1.29 is 10.2 Å². The second-order valence-electron chi connectivity index (χ2n) is 4.40. The summed E-state index contributed by atoms with van der Waals surface area (Å²) >= 11 is 0. The van der Waals surface area contributed by atoms with E-state index in [4.69, 9.17) is 0 Å². The third-order valence-corrected chi connectivity index (χ3v) is 3.10. The molecule has 1 unspecified atom stereocenters. The molecule has 0 fully saturated rings. The van der Waals surface area contributed by atoms with Gasteiger partial charge in [0.1, 0.15) is 11.4 Å². The van der Waals surface area contributed by atoms with Crippen molar-refractivity contribution in [3.05, 3.63) is 65.2 Å². The zero-order valence-electron chi connectivity index (χ0n) is 10.0. The number of aliphatic hydroxyl groups is 1. The van der Waals surface area contributed by atoms with Gasteiger partial charge in [-0.3, -0.25) is 0 Å². The van der Waals surface area contributed by atoms with E-state index in [2.05, 4.69) is 0 Å². The summed E-state index contributed by atoms with van der Waals surface area (Å²) in [6.45, 7) is 3.65. The van der Waals surface area contributed by atoms with Gasteiger partial charge in [0, 0.05) is 5.56 Å². The van der Waals surface area contributed by atoms with E-state index in [1.807, 2.05) is 37.3 Å². The number of phenols is 1. The van der Waals surface area contributed by atoms with Crippen LogP contribution in [0, 0.1) is 6.92 Å². The summed E-state index contributed by atoms with van der Waals surface area (Å²) in [4.78, 5) is 0. The van der Waals surface area contributed by atoms with Crippen molar-refractivity contribution in [3.63, 3.8) is 0 Å². The molecule has 0 saturated carbocycles. The molecule has 2 N–H and O–H groups in total. The molecule has 2 rings (SSSR count). The van der Waals surface area contributed by atoms with Gasteiger partial charge in [-0.15, -0.1) is 0 Å². The Kier molecular flexibility index (Phi) is 2.90. The molecule has 1 atom stereocenters. The van der Waals surface area contributed by atoms with Gasteiger partial charge in [-0.1, -0.05) is 42.5 Å². The number of phenolic OH excluding ortho intramolecular Hbond substituents is 1. The van der Waals surface area contributed by atoms with E-state index < -0.39 is 5.60 Å². The lowest BCUT2D eigenvalue weighted by Crippen LogP contribution is -2.24. The maximum Gasteiger partial charge on any atom is 0.122 e. The fourth-order valence-corrected chi connectivity index (χ4v) is 2.15. The highest BCUT2D eigenvalue weighted by molar-refractivity contribution is 5.45. The Labute approximate surface area is 101 Å². The first-order valence-electron chi connectivity index (χ1n) is 5.60. The lowest BCUT2D eigenvalue weighted by molar-refractivity contribution is 0.0985. The molecular weight excluding hydrogens is 212 g/mol. The number of aromatic hydroxyl groups is 1. The molecule has 0 aliphatic rings. The summed E-state index contributed by atoms with van der Waals surface area (Å²) in [5.41, 5.74) is 1.15. The molecule has 2 nitrogen and oxygen atoms in total. The first-order valence-corrected chi connectivity index (χ1v) is 5.60. The van der Waals surface area contributed by atoms with E-state index in [0.717, 1.165) is 11.1 Å². The van der Waals surface area contributed by atoms with Crippen LogP contribution in [0.5, 0.6) is 5.75 Å². The average Bonchev–Trinajstić information content (AvgIpc) is 2.29. The Morgan fingerprint density at radius 3 is 2.00 bits per heavy atom. The first-order chi connectivity index (χ1) is 8.03. The Balaban J connectivity index is 2.58. The van der Waals surface area contributed by atoms with Crippen LogP contribution < -0.4 is 0 Å². The van der Waals surface area contributed by atoms with Gasteiger partial charge in [-0.25, -0.2) is 0 Å². The molecule has 0 heterocycles. The summed E-state index contributed by atoms with van der Waals surface area (Å²) < 4.78 is 0. The van der Waals surface area contributed by atoms with E-state index in [9.17, 15) is 10.2 Å². The molecule has 17 heavy (non-hydrogen) atoms. The third-order valence-electron chi connectivity index (χ3n) is 3.10. The molecule has 0 saturated heterocycles. The number of benzene rings is 2. The van der Waals surface area contributed by atoms with Crippen LogP contribution in [0.25, 0.3) is 0 Å². The summed E-state index contributed by atoms with van der Waals surface area (Å²) in [6.07, 6.45) is 0. The van der Waals surface area contributed by atoms with Crippen molar-refractivity contribution in [1.82, 2.24) is 0 Å². The van der Waals surface area contributed by atoms with Crippen LogP contribution in [-0.4, -0.2) is 10.2 Å². The van der Waals surface area contributed by atoms with Crippen molar-refractivity contribution >= 4 is 0 Å². The van der Waals surface area contributed by atoms with E-state index >= 15 is 0 Å². The van der Waals surface area contributed by atoms with Gasteiger partial charge in [-0.2, -0.15) is 0 Å². The average molecular weight is 228 g/mol. The van der Waals surface area contributed by atoms with Crippen molar-refractivity contribution in [2.45, 2.75) is 19.4 Å². The number of rotatable bonds is 2. The topological polar surface area (TPSA) is 40.5 Å². The highest BCUT2D eigenvalue weighted by Gasteiger charge is 2.29. The Morgan fingerprint density at radius 2 is 1.41 bits per heavy atom. The van der Waals surface area contributed by atoms with Crippen LogP contribution in [-0.2, 0) is 5.60 Å². The van der Waals surface area contributed by atoms with E-state index in [-0.39, 0.29) is 5.75 Å². The summed E-state index contributed by atoms with van der Waals surface area (Å²) in [7, 11) is 0. The van der Waals surface area contributed by atoms with E-state index in [0.29, 0.717) is 5.56 Å². The molecule has 0 aliphatic heterocycles. The monoisotopic (exact) mass is 228 g/mol. The molecule has 2 aromatic rings. The number of hydrogen-bond acceptors (Lipinski definition) is 2. The molecular formula is C15H16O2. The highest BCUT2D eigenvalue weighted by atomic mass is 16.3. The zero-order chi connectivity index (χ0) is 12.5. The molecule has 0 spiro atoms. The zero-order valence-corrected chi connectivity index (χ0v) is 10.0. The summed E-state index contributed by atoms with van der Waals surface area (Å²) in [5.74, 6) is 0.112. The molecule has 88 valence electrons. The number of para-hydroxylation sites is 1. The second kappa shape index (κ2) is 4.22. The van der Waals surface area contributed by atoms with Crippen LogP contribution in [0.4, 0.5) is 0 Å². The van der Waals surface area contributed by atoms with Gasteiger partial charge in [0.25, 0.3) is 0 Å². The molecule has 0 radical (unpaired) electrons. The molecule has 0 bridgehead atoms. The lowest BCUT2D eigenvalue weighted by atomic mass is 9.85.